The van der Waals surface area contributed by atoms with E-state index in [9.17, 15) is 9.90 Å². The standard InChI is InChI=1S/C14H19BrN2O2/c1-10(2)16-5-7-17(8-6-16)13-4-3-11(15)9-12(13)14(18)19/h3-4,9-10H,5-8H2,1-2H3,(H,18,19). The maximum Gasteiger partial charge on any atom is 0.337 e. The van der Waals surface area contributed by atoms with Crippen molar-refractivity contribution in [2.24, 2.45) is 0 Å². The molecule has 1 heterocycles. The zero-order chi connectivity index (χ0) is 14.0. The molecular weight excluding hydrogens is 308 g/mol. The van der Waals surface area contributed by atoms with Crippen LogP contribution in [0.3, 0.4) is 0 Å². The Hall–Kier alpha value is -1.07. The van der Waals surface area contributed by atoms with Crippen molar-refractivity contribution in [1.82, 2.24) is 4.90 Å². The number of anilines is 1. The Balaban J connectivity index is 2.17. The molecule has 0 bridgehead atoms. The van der Waals surface area contributed by atoms with Crippen molar-refractivity contribution in [3.05, 3.63) is 28.2 Å². The highest BCUT2D eigenvalue weighted by Crippen LogP contribution is 2.26. The van der Waals surface area contributed by atoms with E-state index < -0.39 is 5.97 Å². The molecule has 1 aliphatic rings. The third kappa shape index (κ3) is 3.28. The van der Waals surface area contributed by atoms with Crippen molar-refractivity contribution in [2.75, 3.05) is 31.1 Å². The molecule has 1 aromatic carbocycles. The van der Waals surface area contributed by atoms with Crippen molar-refractivity contribution in [3.63, 3.8) is 0 Å². The zero-order valence-electron chi connectivity index (χ0n) is 11.3. The van der Waals surface area contributed by atoms with Gasteiger partial charge in [0.25, 0.3) is 0 Å². The molecule has 0 radical (unpaired) electrons. The van der Waals surface area contributed by atoms with Gasteiger partial charge in [-0.2, -0.15) is 0 Å². The lowest BCUT2D eigenvalue weighted by molar-refractivity contribution is 0.0697. The Labute approximate surface area is 122 Å². The van der Waals surface area contributed by atoms with Gasteiger partial charge in [-0.25, -0.2) is 4.79 Å². The van der Waals surface area contributed by atoms with Crippen LogP contribution in [0.4, 0.5) is 5.69 Å². The van der Waals surface area contributed by atoms with Gasteiger partial charge in [-0.3, -0.25) is 4.90 Å². The van der Waals surface area contributed by atoms with Crippen LogP contribution in [0.1, 0.15) is 24.2 Å². The maximum absolute atomic E-state index is 11.3. The van der Waals surface area contributed by atoms with Crippen LogP contribution >= 0.6 is 15.9 Å². The zero-order valence-corrected chi connectivity index (χ0v) is 12.9. The van der Waals surface area contributed by atoms with Crippen LogP contribution in [0.5, 0.6) is 0 Å². The Morgan fingerprint density at radius 3 is 2.42 bits per heavy atom. The molecule has 104 valence electrons. The molecule has 1 saturated heterocycles. The van der Waals surface area contributed by atoms with E-state index in [0.29, 0.717) is 11.6 Å². The number of aromatic carboxylic acids is 1. The number of carboxylic acid groups (broad SMARTS) is 1. The van der Waals surface area contributed by atoms with Gasteiger partial charge < -0.3 is 10.0 Å². The minimum Gasteiger partial charge on any atom is -0.478 e. The Morgan fingerprint density at radius 2 is 1.89 bits per heavy atom. The minimum absolute atomic E-state index is 0.368. The summed E-state index contributed by atoms with van der Waals surface area (Å²) in [5.41, 5.74) is 1.19. The van der Waals surface area contributed by atoms with E-state index in [-0.39, 0.29) is 0 Å². The van der Waals surface area contributed by atoms with Crippen molar-refractivity contribution in [3.8, 4) is 0 Å². The van der Waals surface area contributed by atoms with E-state index in [2.05, 4.69) is 39.6 Å². The highest BCUT2D eigenvalue weighted by atomic mass is 79.9. The molecule has 19 heavy (non-hydrogen) atoms. The van der Waals surface area contributed by atoms with Gasteiger partial charge in [0, 0.05) is 36.7 Å². The Bertz CT molecular complexity index is 469. The SMILES string of the molecule is CC(C)N1CCN(c2ccc(Br)cc2C(=O)O)CC1. The first-order valence-corrected chi connectivity index (χ1v) is 7.30. The number of carboxylic acids is 1. The van der Waals surface area contributed by atoms with Crippen LogP contribution in [-0.4, -0.2) is 48.2 Å². The first-order chi connectivity index (χ1) is 8.99. The van der Waals surface area contributed by atoms with Gasteiger partial charge in [0.1, 0.15) is 0 Å². The molecule has 2 rings (SSSR count). The number of benzene rings is 1. The first-order valence-electron chi connectivity index (χ1n) is 6.51. The monoisotopic (exact) mass is 326 g/mol. The molecule has 4 nitrogen and oxygen atoms in total. The predicted molar refractivity (Wildman–Crippen MR) is 80.0 cm³/mol. The molecule has 0 aromatic heterocycles. The van der Waals surface area contributed by atoms with Crippen molar-refractivity contribution in [2.45, 2.75) is 19.9 Å². The van der Waals surface area contributed by atoms with E-state index in [4.69, 9.17) is 0 Å². The van der Waals surface area contributed by atoms with Crippen LogP contribution in [0.25, 0.3) is 0 Å². The predicted octanol–water partition coefficient (Wildman–Crippen LogP) is 2.68. The molecule has 0 saturated carbocycles. The van der Waals surface area contributed by atoms with E-state index in [1.54, 1.807) is 6.07 Å². The van der Waals surface area contributed by atoms with E-state index in [0.717, 1.165) is 36.3 Å². The third-order valence-corrected chi connectivity index (χ3v) is 4.07. The summed E-state index contributed by atoms with van der Waals surface area (Å²) in [6.45, 7) is 8.09. The molecule has 1 fully saturated rings. The second-order valence-electron chi connectivity index (χ2n) is 5.08. The molecule has 1 N–H and O–H groups in total. The molecule has 0 atom stereocenters. The van der Waals surface area contributed by atoms with Gasteiger partial charge in [-0.1, -0.05) is 15.9 Å². The van der Waals surface area contributed by atoms with E-state index in [1.807, 2.05) is 12.1 Å². The van der Waals surface area contributed by atoms with Crippen LogP contribution in [0.2, 0.25) is 0 Å². The highest BCUT2D eigenvalue weighted by Gasteiger charge is 2.22. The number of nitrogens with zero attached hydrogens (tertiary/aromatic N) is 2. The summed E-state index contributed by atoms with van der Waals surface area (Å²) in [5, 5.41) is 9.30. The second-order valence-corrected chi connectivity index (χ2v) is 6.00. The third-order valence-electron chi connectivity index (χ3n) is 3.57. The number of rotatable bonds is 3. The van der Waals surface area contributed by atoms with Crippen molar-refractivity contribution < 1.29 is 9.90 Å². The fourth-order valence-electron chi connectivity index (χ4n) is 2.43. The molecule has 0 aliphatic carbocycles. The molecule has 5 heteroatoms. The fraction of sp³-hybridized carbons (Fsp3) is 0.500. The minimum atomic E-state index is -0.873. The fourth-order valence-corrected chi connectivity index (χ4v) is 2.80. The van der Waals surface area contributed by atoms with Crippen LogP contribution < -0.4 is 4.90 Å². The quantitative estimate of drug-likeness (QED) is 0.927. The van der Waals surface area contributed by atoms with E-state index >= 15 is 0 Å². The molecule has 0 unspecified atom stereocenters. The van der Waals surface area contributed by atoms with Gasteiger partial charge in [0.2, 0.25) is 0 Å². The molecule has 0 spiro atoms. The van der Waals surface area contributed by atoms with Gasteiger partial charge in [-0.15, -0.1) is 0 Å². The second kappa shape index (κ2) is 5.92. The van der Waals surface area contributed by atoms with Crippen LogP contribution in [0, 0.1) is 0 Å². The molecule has 0 amide bonds. The number of hydrogen-bond acceptors (Lipinski definition) is 3. The number of piperazine rings is 1. The van der Waals surface area contributed by atoms with Crippen molar-refractivity contribution in [1.29, 1.82) is 0 Å². The van der Waals surface area contributed by atoms with Gasteiger partial charge >= 0.3 is 5.97 Å². The van der Waals surface area contributed by atoms with Gasteiger partial charge in [0.05, 0.1) is 11.3 Å². The lowest BCUT2D eigenvalue weighted by atomic mass is 10.1. The Kier molecular flexibility index (Phi) is 4.47. The normalized spacial score (nSPS) is 16.9. The Morgan fingerprint density at radius 1 is 1.26 bits per heavy atom. The first kappa shape index (κ1) is 14.3. The molecule has 1 aromatic rings. The van der Waals surface area contributed by atoms with E-state index in [1.165, 1.54) is 0 Å². The smallest absolute Gasteiger partial charge is 0.337 e. The van der Waals surface area contributed by atoms with Crippen LogP contribution in [0.15, 0.2) is 22.7 Å². The number of hydrogen-bond donors (Lipinski definition) is 1. The summed E-state index contributed by atoms with van der Waals surface area (Å²) in [6.07, 6.45) is 0. The number of halogens is 1. The largest absolute Gasteiger partial charge is 0.478 e. The highest BCUT2D eigenvalue weighted by molar-refractivity contribution is 9.10. The van der Waals surface area contributed by atoms with Crippen molar-refractivity contribution >= 4 is 27.6 Å². The maximum atomic E-state index is 11.3. The summed E-state index contributed by atoms with van der Waals surface area (Å²) in [6, 6.07) is 6.01. The lowest BCUT2D eigenvalue weighted by Gasteiger charge is -2.38. The summed E-state index contributed by atoms with van der Waals surface area (Å²) in [4.78, 5) is 15.9. The molecular formula is C14H19BrN2O2. The molecule has 1 aliphatic heterocycles. The van der Waals surface area contributed by atoms with Gasteiger partial charge in [-0.05, 0) is 32.0 Å². The van der Waals surface area contributed by atoms with Gasteiger partial charge in [0.15, 0.2) is 0 Å². The van der Waals surface area contributed by atoms with Crippen LogP contribution in [-0.2, 0) is 0 Å². The average molecular weight is 327 g/mol. The lowest BCUT2D eigenvalue weighted by Crippen LogP contribution is -2.49. The summed E-state index contributed by atoms with van der Waals surface area (Å²) in [5.74, 6) is -0.873. The summed E-state index contributed by atoms with van der Waals surface area (Å²) in [7, 11) is 0. The average Bonchev–Trinajstić information content (AvgIpc) is 2.38. The topological polar surface area (TPSA) is 43.8 Å². The summed E-state index contributed by atoms with van der Waals surface area (Å²) >= 11 is 3.33. The number of carbonyl (C=O) groups is 1. The summed E-state index contributed by atoms with van der Waals surface area (Å²) < 4.78 is 0.800.